The van der Waals surface area contributed by atoms with Crippen LogP contribution in [-0.2, 0) is 0 Å². The van der Waals surface area contributed by atoms with E-state index in [1.54, 1.807) is 36.4 Å². The lowest BCUT2D eigenvalue weighted by Gasteiger charge is -2.20. The smallest absolute Gasteiger partial charge is 0.269 e. The van der Waals surface area contributed by atoms with E-state index < -0.39 is 0 Å². The number of carbonyl (C=O) groups is 1. The Kier molecular flexibility index (Phi) is 8.92. The third-order valence-electron chi connectivity index (χ3n) is 6.07. The van der Waals surface area contributed by atoms with Crippen LogP contribution in [0, 0.1) is 6.92 Å². The average Bonchev–Trinajstić information content (AvgIpc) is 2.97. The molecule has 0 atom stereocenters. The van der Waals surface area contributed by atoms with Gasteiger partial charge in [0.25, 0.3) is 5.17 Å². The van der Waals surface area contributed by atoms with E-state index in [1.165, 1.54) is 24.1 Å². The molecule has 0 saturated carbocycles. The number of anilines is 1. The van der Waals surface area contributed by atoms with Crippen LogP contribution in [0.15, 0.2) is 115 Å². The summed E-state index contributed by atoms with van der Waals surface area (Å²) < 4.78 is 10.8. The number of benzene rings is 5. The number of thiocarbonyl (C=S) groups is 1. The van der Waals surface area contributed by atoms with E-state index in [2.05, 4.69) is 31.2 Å². The quantitative estimate of drug-likeness (QED) is 0.185. The van der Waals surface area contributed by atoms with Gasteiger partial charge in [-0.1, -0.05) is 72.8 Å². The maximum absolute atomic E-state index is 12.1. The molecule has 6 heteroatoms. The van der Waals surface area contributed by atoms with Crippen molar-refractivity contribution in [3.63, 3.8) is 0 Å². The summed E-state index contributed by atoms with van der Waals surface area (Å²) in [6.45, 7) is 2.06. The van der Waals surface area contributed by atoms with Gasteiger partial charge in [0.1, 0.15) is 17.2 Å². The lowest BCUT2D eigenvalue weighted by Crippen LogP contribution is -2.29. The molecule has 39 heavy (non-hydrogen) atoms. The Bertz CT molecular complexity index is 1600. The third-order valence-corrected chi connectivity index (χ3v) is 6.43. The Hall–Kier alpha value is -4.68. The predicted octanol–water partition coefficient (Wildman–Crippen LogP) is 7.58. The van der Waals surface area contributed by atoms with Crippen LogP contribution in [0.1, 0.15) is 21.5 Å². The first-order valence-electron chi connectivity index (χ1n) is 12.3. The van der Waals surface area contributed by atoms with Gasteiger partial charge in [-0.15, -0.1) is 0 Å². The zero-order chi connectivity index (χ0) is 27.8. The van der Waals surface area contributed by atoms with E-state index in [9.17, 15) is 9.90 Å². The average molecular weight is 536 g/mol. The van der Waals surface area contributed by atoms with Crippen molar-refractivity contribution >= 4 is 39.6 Å². The van der Waals surface area contributed by atoms with Gasteiger partial charge in [-0.25, -0.2) is 0 Å². The van der Waals surface area contributed by atoms with Crippen LogP contribution in [0.4, 0.5) is 5.69 Å². The number of nitrogens with zero attached hydrogens (tertiary/aromatic N) is 1. The van der Waals surface area contributed by atoms with Crippen LogP contribution in [-0.4, -0.2) is 30.2 Å². The summed E-state index contributed by atoms with van der Waals surface area (Å²) in [4.78, 5) is 13.9. The molecule has 0 radical (unpaired) electrons. The number of hydrogen-bond acceptors (Lipinski definition) is 5. The van der Waals surface area contributed by atoms with Crippen molar-refractivity contribution in [2.45, 2.75) is 6.92 Å². The second-order valence-corrected chi connectivity index (χ2v) is 9.20. The molecule has 0 saturated heterocycles. The van der Waals surface area contributed by atoms with E-state index in [0.717, 1.165) is 16.8 Å². The largest absolute Gasteiger partial charge is 0.507 e. The molecule has 0 spiro atoms. The summed E-state index contributed by atoms with van der Waals surface area (Å²) >= 11 is 5.41. The standard InChI is InChI=1S/C19H17NOS.C14H12O3/c1-14-6-5-9-17(12-14)20(2)19(22)21-18-11-10-15-7-3-4-8-16(15)13-18;1-17-11-7-8-12(13(15)9-11)14(16)10-5-3-2-4-6-10/h3-13H,1-2H3;2-9,15H,1H3. The molecule has 1 N–H and O–H groups in total. The van der Waals surface area contributed by atoms with E-state index in [0.29, 0.717) is 16.5 Å². The molecule has 5 aromatic carbocycles. The summed E-state index contributed by atoms with van der Waals surface area (Å²) in [7, 11) is 3.42. The van der Waals surface area contributed by atoms with Crippen molar-refractivity contribution < 1.29 is 19.4 Å². The number of methoxy groups -OCH3 is 1. The summed E-state index contributed by atoms with van der Waals surface area (Å²) in [5.41, 5.74) is 3.04. The van der Waals surface area contributed by atoms with Gasteiger partial charge in [-0.3, -0.25) is 4.79 Å². The van der Waals surface area contributed by atoms with Crippen molar-refractivity contribution in [1.82, 2.24) is 0 Å². The van der Waals surface area contributed by atoms with Gasteiger partial charge in [0.05, 0.1) is 12.7 Å². The van der Waals surface area contributed by atoms with Crippen LogP contribution in [0.2, 0.25) is 0 Å². The van der Waals surface area contributed by atoms with Gasteiger partial charge in [-0.05, 0) is 71.9 Å². The molecule has 5 rings (SSSR count). The van der Waals surface area contributed by atoms with Crippen LogP contribution >= 0.6 is 12.2 Å². The van der Waals surface area contributed by atoms with Crippen molar-refractivity contribution in [2.75, 3.05) is 19.1 Å². The summed E-state index contributed by atoms with van der Waals surface area (Å²) in [5.74, 6) is 0.999. The van der Waals surface area contributed by atoms with Crippen LogP contribution in [0.5, 0.6) is 17.2 Å². The fourth-order valence-corrected chi connectivity index (χ4v) is 4.12. The highest BCUT2D eigenvalue weighted by Gasteiger charge is 2.13. The second-order valence-electron chi connectivity index (χ2n) is 8.85. The van der Waals surface area contributed by atoms with Gasteiger partial charge in [0.2, 0.25) is 0 Å². The van der Waals surface area contributed by atoms with Gasteiger partial charge in [0.15, 0.2) is 5.78 Å². The first-order chi connectivity index (χ1) is 18.9. The molecule has 196 valence electrons. The van der Waals surface area contributed by atoms with E-state index in [1.807, 2.05) is 60.5 Å². The molecular formula is C33H29NO4S. The molecule has 0 aliphatic carbocycles. The molecule has 5 nitrogen and oxygen atoms in total. The number of ketones is 1. The minimum atomic E-state index is -0.203. The number of ether oxygens (including phenoxy) is 2. The Labute approximate surface area is 233 Å². The van der Waals surface area contributed by atoms with E-state index in [4.69, 9.17) is 21.7 Å². The van der Waals surface area contributed by atoms with Gasteiger partial charge < -0.3 is 19.5 Å². The van der Waals surface area contributed by atoms with Gasteiger partial charge >= 0.3 is 0 Å². The summed E-state index contributed by atoms with van der Waals surface area (Å²) in [6.07, 6.45) is 0. The Morgan fingerprint density at radius 2 is 1.46 bits per heavy atom. The number of aromatic hydroxyl groups is 1. The van der Waals surface area contributed by atoms with E-state index in [-0.39, 0.29) is 17.1 Å². The highest BCUT2D eigenvalue weighted by Crippen LogP contribution is 2.26. The molecule has 0 amide bonds. The first-order valence-corrected chi connectivity index (χ1v) is 12.7. The number of phenolic OH excluding ortho intramolecular Hbond substituents is 1. The lowest BCUT2D eigenvalue weighted by molar-refractivity contribution is 0.103. The maximum atomic E-state index is 12.1. The van der Waals surface area contributed by atoms with Gasteiger partial charge in [-0.2, -0.15) is 0 Å². The number of phenols is 1. The Morgan fingerprint density at radius 3 is 2.15 bits per heavy atom. The Balaban J connectivity index is 0.000000187. The molecule has 5 aromatic rings. The molecular weight excluding hydrogens is 506 g/mol. The fraction of sp³-hybridized carbons (Fsp3) is 0.0909. The zero-order valence-electron chi connectivity index (χ0n) is 22.0. The van der Waals surface area contributed by atoms with Crippen LogP contribution in [0.3, 0.4) is 0 Å². The normalized spacial score (nSPS) is 10.2. The molecule has 0 aromatic heterocycles. The molecule has 0 aliphatic heterocycles. The topological polar surface area (TPSA) is 59.0 Å². The predicted molar refractivity (Wildman–Crippen MR) is 161 cm³/mol. The van der Waals surface area contributed by atoms with Crippen molar-refractivity contribution in [3.8, 4) is 17.2 Å². The van der Waals surface area contributed by atoms with Crippen molar-refractivity contribution in [1.29, 1.82) is 0 Å². The van der Waals surface area contributed by atoms with Crippen molar-refractivity contribution in [3.05, 3.63) is 132 Å². The first kappa shape index (κ1) is 27.4. The number of fused-ring (bicyclic) bond motifs is 1. The molecule has 0 bridgehead atoms. The molecule has 0 fully saturated rings. The molecule has 0 unspecified atom stereocenters. The molecule has 0 heterocycles. The van der Waals surface area contributed by atoms with Gasteiger partial charge in [0, 0.05) is 24.4 Å². The highest BCUT2D eigenvalue weighted by molar-refractivity contribution is 7.80. The Morgan fingerprint density at radius 1 is 0.769 bits per heavy atom. The number of carbonyl (C=O) groups excluding carboxylic acids is 1. The SMILES string of the molecule is COc1ccc(C(=O)c2ccccc2)c(O)c1.Cc1cccc(N(C)C(=S)Oc2ccc3ccccc3c2)c1. The molecule has 0 aliphatic rings. The van der Waals surface area contributed by atoms with Crippen LogP contribution < -0.4 is 14.4 Å². The minimum Gasteiger partial charge on any atom is -0.507 e. The number of rotatable bonds is 5. The summed E-state index contributed by atoms with van der Waals surface area (Å²) in [5, 5.41) is 12.5. The summed E-state index contributed by atoms with van der Waals surface area (Å²) in [6, 6.07) is 35.8. The fourth-order valence-electron chi connectivity index (χ4n) is 3.92. The zero-order valence-corrected chi connectivity index (χ0v) is 22.8. The monoisotopic (exact) mass is 535 g/mol. The van der Waals surface area contributed by atoms with Crippen molar-refractivity contribution in [2.24, 2.45) is 0 Å². The third kappa shape index (κ3) is 7.00. The number of aryl methyl sites for hydroxylation is 1. The van der Waals surface area contributed by atoms with E-state index >= 15 is 0 Å². The van der Waals surface area contributed by atoms with Crippen LogP contribution in [0.25, 0.3) is 10.8 Å². The maximum Gasteiger partial charge on any atom is 0.269 e. The second kappa shape index (κ2) is 12.7. The minimum absolute atomic E-state index is 0.0711. The highest BCUT2D eigenvalue weighted by atomic mass is 32.1. The number of hydrogen-bond donors (Lipinski definition) is 1. The lowest BCUT2D eigenvalue weighted by atomic mass is 10.0.